The molecule has 5 nitrogen and oxygen atoms in total. The Kier molecular flexibility index (Phi) is 3.37. The zero-order valence-electron chi connectivity index (χ0n) is 13.8. The average Bonchev–Trinajstić information content (AvgIpc) is 3.27. The molecular weight excluding hydrogens is 300 g/mol. The fraction of sp³-hybridized carbons (Fsp3) is 0.316. The van der Waals surface area contributed by atoms with Gasteiger partial charge in [0.2, 0.25) is 5.91 Å². The Morgan fingerprint density at radius 3 is 2.75 bits per heavy atom. The molecule has 3 aromatic rings. The van der Waals surface area contributed by atoms with Crippen LogP contribution in [0.1, 0.15) is 26.7 Å². The lowest BCUT2D eigenvalue weighted by atomic mass is 9.91. The van der Waals surface area contributed by atoms with Crippen molar-refractivity contribution in [1.29, 1.82) is 0 Å². The summed E-state index contributed by atoms with van der Waals surface area (Å²) < 4.78 is 0. The van der Waals surface area contributed by atoms with Crippen LogP contribution in [0.3, 0.4) is 0 Å². The zero-order valence-corrected chi connectivity index (χ0v) is 13.8. The number of nitrogens with one attached hydrogen (secondary N) is 2. The van der Waals surface area contributed by atoms with E-state index in [1.165, 1.54) is 0 Å². The Bertz CT molecular complexity index is 908. The molecule has 0 aromatic carbocycles. The molecule has 1 amide bonds. The van der Waals surface area contributed by atoms with Gasteiger partial charge in [0, 0.05) is 35.1 Å². The SMILES string of the molecule is CC(C)C1(C(=O)Nc2cncc(-c3cnc4[nH]ccc4c3)c2)CC1. The zero-order chi connectivity index (χ0) is 16.7. The van der Waals surface area contributed by atoms with Crippen molar-refractivity contribution in [2.24, 2.45) is 11.3 Å². The number of hydrogen-bond acceptors (Lipinski definition) is 3. The molecule has 24 heavy (non-hydrogen) atoms. The van der Waals surface area contributed by atoms with Crippen molar-refractivity contribution in [3.63, 3.8) is 0 Å². The molecule has 5 heteroatoms. The van der Waals surface area contributed by atoms with Crippen molar-refractivity contribution in [2.45, 2.75) is 26.7 Å². The van der Waals surface area contributed by atoms with E-state index in [-0.39, 0.29) is 11.3 Å². The molecule has 4 rings (SSSR count). The van der Waals surface area contributed by atoms with Gasteiger partial charge in [0.25, 0.3) is 0 Å². The molecule has 2 N–H and O–H groups in total. The highest BCUT2D eigenvalue weighted by Crippen LogP contribution is 2.52. The second kappa shape index (κ2) is 5.44. The summed E-state index contributed by atoms with van der Waals surface area (Å²) in [5.74, 6) is 0.463. The van der Waals surface area contributed by atoms with Gasteiger partial charge in [-0.1, -0.05) is 13.8 Å². The first-order valence-corrected chi connectivity index (χ1v) is 8.28. The standard InChI is InChI=1S/C19H20N4O/c1-12(2)19(4-5-19)18(24)23-16-8-15(9-20-11-16)14-7-13-3-6-21-17(13)22-10-14/h3,6-12H,4-5H2,1-2H3,(H,21,22)(H,23,24). The Hall–Kier alpha value is -2.69. The molecule has 122 valence electrons. The summed E-state index contributed by atoms with van der Waals surface area (Å²) in [7, 11) is 0. The maximum absolute atomic E-state index is 12.6. The van der Waals surface area contributed by atoms with E-state index >= 15 is 0 Å². The highest BCUT2D eigenvalue weighted by Gasteiger charge is 2.52. The van der Waals surface area contributed by atoms with Gasteiger partial charge in [-0.3, -0.25) is 9.78 Å². The van der Waals surface area contributed by atoms with E-state index in [0.717, 1.165) is 40.7 Å². The van der Waals surface area contributed by atoms with Crippen LogP contribution in [0.15, 0.2) is 43.0 Å². The minimum atomic E-state index is -0.193. The third-order valence-electron chi connectivity index (χ3n) is 5.08. The predicted molar refractivity (Wildman–Crippen MR) is 94.5 cm³/mol. The molecule has 0 bridgehead atoms. The molecule has 0 radical (unpaired) electrons. The number of carbonyl (C=O) groups excluding carboxylic acids is 1. The molecule has 3 heterocycles. The van der Waals surface area contributed by atoms with Crippen LogP contribution in [-0.4, -0.2) is 20.9 Å². The van der Waals surface area contributed by atoms with Gasteiger partial charge in [-0.15, -0.1) is 0 Å². The van der Waals surface area contributed by atoms with Crippen LogP contribution in [0.5, 0.6) is 0 Å². The van der Waals surface area contributed by atoms with Gasteiger partial charge in [-0.25, -0.2) is 4.98 Å². The van der Waals surface area contributed by atoms with Crippen LogP contribution in [0.2, 0.25) is 0 Å². The minimum absolute atomic E-state index is 0.107. The van der Waals surface area contributed by atoms with Crippen LogP contribution in [0.4, 0.5) is 5.69 Å². The number of amides is 1. The van der Waals surface area contributed by atoms with Gasteiger partial charge in [0.05, 0.1) is 17.3 Å². The molecule has 0 unspecified atom stereocenters. The fourth-order valence-electron chi connectivity index (χ4n) is 3.22. The highest BCUT2D eigenvalue weighted by molar-refractivity contribution is 5.97. The average molecular weight is 320 g/mol. The third kappa shape index (κ3) is 2.46. The summed E-state index contributed by atoms with van der Waals surface area (Å²) in [5, 5.41) is 4.09. The molecule has 0 spiro atoms. The molecule has 3 aromatic heterocycles. The summed E-state index contributed by atoms with van der Waals surface area (Å²) in [5.41, 5.74) is 3.33. The number of rotatable bonds is 4. The van der Waals surface area contributed by atoms with Gasteiger partial charge in [-0.2, -0.15) is 0 Å². The number of H-pyrrole nitrogens is 1. The van der Waals surface area contributed by atoms with Gasteiger partial charge < -0.3 is 10.3 Å². The van der Waals surface area contributed by atoms with Crippen LogP contribution in [-0.2, 0) is 4.79 Å². The summed E-state index contributed by atoms with van der Waals surface area (Å²) in [4.78, 5) is 24.3. The first-order valence-electron chi connectivity index (χ1n) is 8.28. The fourth-order valence-corrected chi connectivity index (χ4v) is 3.22. The summed E-state index contributed by atoms with van der Waals surface area (Å²) in [6.45, 7) is 4.22. The lowest BCUT2D eigenvalue weighted by Crippen LogP contribution is -2.28. The number of aromatic nitrogens is 3. The summed E-state index contributed by atoms with van der Waals surface area (Å²) in [6, 6.07) is 6.01. The molecule has 0 atom stereocenters. The summed E-state index contributed by atoms with van der Waals surface area (Å²) >= 11 is 0. The van der Waals surface area contributed by atoms with Crippen LogP contribution in [0, 0.1) is 11.3 Å². The quantitative estimate of drug-likeness (QED) is 0.763. The number of nitrogens with zero attached hydrogens (tertiary/aromatic N) is 2. The van der Waals surface area contributed by atoms with E-state index in [1.54, 1.807) is 12.4 Å². The van der Waals surface area contributed by atoms with Gasteiger partial charge in [0.1, 0.15) is 5.65 Å². The maximum Gasteiger partial charge on any atom is 0.230 e. The monoisotopic (exact) mass is 320 g/mol. The number of aromatic amines is 1. The summed E-state index contributed by atoms with van der Waals surface area (Å²) in [6.07, 6.45) is 9.12. The third-order valence-corrected chi connectivity index (χ3v) is 5.08. The molecule has 1 fully saturated rings. The molecule has 1 aliphatic carbocycles. The Labute approximate surface area is 140 Å². The van der Waals surface area contributed by atoms with Crippen LogP contribution in [0.25, 0.3) is 22.2 Å². The van der Waals surface area contributed by atoms with Crippen molar-refractivity contribution in [3.8, 4) is 11.1 Å². The number of pyridine rings is 2. The number of hydrogen-bond donors (Lipinski definition) is 2. The maximum atomic E-state index is 12.6. The van der Waals surface area contributed by atoms with Crippen LogP contribution < -0.4 is 5.32 Å². The Morgan fingerprint density at radius 2 is 2.00 bits per heavy atom. The topological polar surface area (TPSA) is 70.7 Å². The largest absolute Gasteiger partial charge is 0.346 e. The lowest BCUT2D eigenvalue weighted by molar-refractivity contribution is -0.122. The Morgan fingerprint density at radius 1 is 1.21 bits per heavy atom. The van der Waals surface area contributed by atoms with E-state index in [0.29, 0.717) is 5.92 Å². The Balaban J connectivity index is 1.60. The van der Waals surface area contributed by atoms with E-state index in [2.05, 4.69) is 40.2 Å². The number of anilines is 1. The van der Waals surface area contributed by atoms with Crippen molar-refractivity contribution in [1.82, 2.24) is 15.0 Å². The van der Waals surface area contributed by atoms with E-state index in [1.807, 2.05) is 24.5 Å². The van der Waals surface area contributed by atoms with Gasteiger partial charge >= 0.3 is 0 Å². The molecule has 1 saturated carbocycles. The van der Waals surface area contributed by atoms with Crippen molar-refractivity contribution < 1.29 is 4.79 Å². The second-order valence-corrected chi connectivity index (χ2v) is 6.87. The normalized spacial score (nSPS) is 15.6. The van der Waals surface area contributed by atoms with E-state index < -0.39 is 0 Å². The lowest BCUT2D eigenvalue weighted by Gasteiger charge is -2.19. The predicted octanol–water partition coefficient (Wildman–Crippen LogP) is 4.00. The van der Waals surface area contributed by atoms with Crippen molar-refractivity contribution in [3.05, 3.63) is 43.0 Å². The highest BCUT2D eigenvalue weighted by atomic mass is 16.2. The van der Waals surface area contributed by atoms with Crippen molar-refractivity contribution >= 4 is 22.6 Å². The smallest absolute Gasteiger partial charge is 0.230 e. The molecule has 0 saturated heterocycles. The van der Waals surface area contributed by atoms with Gasteiger partial charge in [-0.05, 0) is 37.0 Å². The van der Waals surface area contributed by atoms with E-state index in [4.69, 9.17) is 0 Å². The molecule has 0 aliphatic heterocycles. The minimum Gasteiger partial charge on any atom is -0.346 e. The van der Waals surface area contributed by atoms with Crippen molar-refractivity contribution in [2.75, 3.05) is 5.32 Å². The van der Waals surface area contributed by atoms with Gasteiger partial charge in [0.15, 0.2) is 0 Å². The van der Waals surface area contributed by atoms with E-state index in [9.17, 15) is 4.79 Å². The molecular formula is C19H20N4O. The van der Waals surface area contributed by atoms with Crippen LogP contribution >= 0.6 is 0 Å². The first-order chi connectivity index (χ1) is 11.6. The number of fused-ring (bicyclic) bond motifs is 1. The second-order valence-electron chi connectivity index (χ2n) is 6.87. The molecule has 1 aliphatic rings. The first kappa shape index (κ1) is 14.9. The number of carbonyl (C=O) groups is 1.